The van der Waals surface area contributed by atoms with Gasteiger partial charge in [-0.3, -0.25) is 14.4 Å². The number of unbranched alkanes of at least 4 members (excludes halogenated alkanes) is 1. The fourth-order valence-corrected chi connectivity index (χ4v) is 3.45. The molecule has 148 valence electrons. The largest absolute Gasteiger partial charge is 0.456 e. The summed E-state index contributed by atoms with van der Waals surface area (Å²) in [6.07, 6.45) is -0.339. The summed E-state index contributed by atoms with van der Waals surface area (Å²) in [4.78, 5) is 34.5. The molecule has 1 heterocycles. The molecule has 1 fully saturated rings. The molecule has 0 radical (unpaired) electrons. The number of ether oxygens (including phenoxy) is 4. The second-order valence-electron chi connectivity index (χ2n) is 5.74. The van der Waals surface area contributed by atoms with Crippen LogP contribution in [0.25, 0.3) is 0 Å². The first-order valence-electron chi connectivity index (χ1n) is 8.38. The van der Waals surface area contributed by atoms with E-state index in [1.54, 1.807) is 5.41 Å². The minimum Gasteiger partial charge on any atom is -0.456 e. The Balaban J connectivity index is 3.14. The lowest BCUT2D eigenvalue weighted by atomic mass is 9.99. The minimum atomic E-state index is -1.10. The van der Waals surface area contributed by atoms with Gasteiger partial charge in [0.2, 0.25) is 0 Å². The van der Waals surface area contributed by atoms with Gasteiger partial charge >= 0.3 is 17.9 Å². The van der Waals surface area contributed by atoms with Gasteiger partial charge in [0, 0.05) is 20.8 Å². The molecule has 0 aliphatic carbocycles. The van der Waals surface area contributed by atoms with E-state index in [9.17, 15) is 19.5 Å². The van der Waals surface area contributed by atoms with E-state index in [-0.39, 0.29) is 0 Å². The van der Waals surface area contributed by atoms with Crippen LogP contribution in [0.2, 0.25) is 0 Å². The molecular weight excluding hydrogens is 364 g/mol. The highest BCUT2D eigenvalue weighted by Crippen LogP contribution is 2.34. The predicted molar refractivity (Wildman–Crippen MR) is 94.0 cm³/mol. The van der Waals surface area contributed by atoms with Crippen molar-refractivity contribution in [2.24, 2.45) is 0 Å². The number of thioether (sulfide) groups is 1. The van der Waals surface area contributed by atoms with Crippen LogP contribution < -0.4 is 0 Å². The van der Waals surface area contributed by atoms with Crippen LogP contribution in [0.3, 0.4) is 0 Å². The third-order valence-electron chi connectivity index (χ3n) is 3.44. The number of aliphatic hydroxyl groups excluding tert-OH is 1. The van der Waals surface area contributed by atoms with Crippen LogP contribution in [0.1, 0.15) is 40.5 Å². The first kappa shape index (κ1) is 22.5. The van der Waals surface area contributed by atoms with Gasteiger partial charge < -0.3 is 24.1 Å². The molecule has 1 rings (SSSR count). The molecule has 0 amide bonds. The summed E-state index contributed by atoms with van der Waals surface area (Å²) in [7, 11) is 0. The maximum absolute atomic E-state index is 11.5. The molecule has 26 heavy (non-hydrogen) atoms. The Hall–Kier alpha value is -1.58. The van der Waals surface area contributed by atoms with Crippen molar-refractivity contribution >= 4 is 29.7 Å². The first-order chi connectivity index (χ1) is 12.3. The summed E-state index contributed by atoms with van der Waals surface area (Å²) < 4.78 is 21.6. The van der Waals surface area contributed by atoms with Crippen molar-refractivity contribution in [1.29, 1.82) is 0 Å². The third-order valence-corrected chi connectivity index (χ3v) is 4.44. The van der Waals surface area contributed by atoms with Gasteiger partial charge in [0.15, 0.2) is 18.3 Å². The quantitative estimate of drug-likeness (QED) is 0.487. The molecule has 9 heteroatoms. The molecule has 1 saturated heterocycles. The third kappa shape index (κ3) is 6.97. The fourth-order valence-electron chi connectivity index (χ4n) is 2.48. The lowest BCUT2D eigenvalue weighted by Crippen LogP contribution is -2.61. The number of allylic oxidation sites excluding steroid dienone is 1. The number of rotatable bonds is 8. The molecule has 0 unspecified atom stereocenters. The predicted octanol–water partition coefficient (Wildman–Crippen LogP) is 1.55. The molecule has 0 spiro atoms. The average Bonchev–Trinajstić information content (AvgIpc) is 2.54. The molecule has 5 atom stereocenters. The van der Waals surface area contributed by atoms with E-state index in [2.05, 4.69) is 0 Å². The van der Waals surface area contributed by atoms with Crippen LogP contribution >= 0.6 is 11.8 Å². The Morgan fingerprint density at radius 1 is 1.00 bits per heavy atom. The zero-order valence-electron chi connectivity index (χ0n) is 15.4. The van der Waals surface area contributed by atoms with Gasteiger partial charge in [-0.05, 0) is 11.8 Å². The Labute approximate surface area is 157 Å². The smallest absolute Gasteiger partial charge is 0.303 e. The molecular formula is C17H26O8S. The highest BCUT2D eigenvalue weighted by molar-refractivity contribution is 8.02. The van der Waals surface area contributed by atoms with E-state index in [4.69, 9.17) is 18.9 Å². The topological polar surface area (TPSA) is 108 Å². The second kappa shape index (κ2) is 11.2. The summed E-state index contributed by atoms with van der Waals surface area (Å²) >= 11 is 1.24. The van der Waals surface area contributed by atoms with Gasteiger partial charge in [-0.25, -0.2) is 0 Å². The van der Waals surface area contributed by atoms with Crippen molar-refractivity contribution in [1.82, 2.24) is 0 Å². The molecule has 0 aromatic heterocycles. The average molecular weight is 390 g/mol. The minimum absolute atomic E-state index is 0.460. The highest BCUT2D eigenvalue weighted by atomic mass is 32.2. The zero-order chi connectivity index (χ0) is 19.7. The SMILES string of the molecule is CCCC=CS[C@@H]1O[C@H](CO)[C@H](OC(C)=O)[C@H](OC(C)=O)[C@H]1OC(C)=O. The highest BCUT2D eigenvalue weighted by Gasteiger charge is 2.51. The number of carbonyl (C=O) groups is 3. The Morgan fingerprint density at radius 2 is 1.54 bits per heavy atom. The molecule has 1 N–H and O–H groups in total. The molecule has 0 saturated carbocycles. The van der Waals surface area contributed by atoms with Crippen LogP contribution in [0.15, 0.2) is 11.5 Å². The molecule has 1 aliphatic rings. The van der Waals surface area contributed by atoms with E-state index in [1.165, 1.54) is 32.5 Å². The van der Waals surface area contributed by atoms with E-state index < -0.39 is 54.4 Å². The Bertz CT molecular complexity index is 521. The van der Waals surface area contributed by atoms with Crippen LogP contribution in [-0.2, 0) is 33.3 Å². The van der Waals surface area contributed by atoms with Crippen molar-refractivity contribution in [2.75, 3.05) is 6.61 Å². The van der Waals surface area contributed by atoms with E-state index in [1.807, 2.05) is 13.0 Å². The number of esters is 3. The number of carbonyl (C=O) groups excluding carboxylic acids is 3. The van der Waals surface area contributed by atoms with Crippen LogP contribution in [0, 0.1) is 0 Å². The van der Waals surface area contributed by atoms with Gasteiger partial charge in [0.25, 0.3) is 0 Å². The van der Waals surface area contributed by atoms with E-state index in [0.29, 0.717) is 0 Å². The van der Waals surface area contributed by atoms with Gasteiger partial charge in [-0.15, -0.1) is 0 Å². The lowest BCUT2D eigenvalue weighted by molar-refractivity contribution is -0.236. The summed E-state index contributed by atoms with van der Waals surface area (Å²) in [5.41, 5.74) is -0.736. The summed E-state index contributed by atoms with van der Waals surface area (Å²) in [6.45, 7) is 5.18. The van der Waals surface area contributed by atoms with Crippen molar-refractivity contribution in [3.63, 3.8) is 0 Å². The molecule has 0 bridgehead atoms. The number of hydrogen-bond acceptors (Lipinski definition) is 9. The van der Waals surface area contributed by atoms with E-state index >= 15 is 0 Å². The first-order valence-corrected chi connectivity index (χ1v) is 9.32. The van der Waals surface area contributed by atoms with Gasteiger partial charge in [0.05, 0.1) is 6.61 Å². The molecule has 0 aromatic carbocycles. The molecule has 1 aliphatic heterocycles. The van der Waals surface area contributed by atoms with Gasteiger partial charge in [-0.1, -0.05) is 31.2 Å². The van der Waals surface area contributed by atoms with E-state index in [0.717, 1.165) is 12.8 Å². The number of aliphatic hydroxyl groups is 1. The number of hydrogen-bond donors (Lipinski definition) is 1. The van der Waals surface area contributed by atoms with Crippen molar-refractivity contribution in [3.8, 4) is 0 Å². The standard InChI is InChI=1S/C17H26O8S/c1-5-6-7-8-26-17-16(24-12(4)21)15(23-11(3)20)14(22-10(2)19)13(9-18)25-17/h7-8,13-18H,5-6,9H2,1-4H3/t13-,14+,15+,16-,17+/m1/s1. The Kier molecular flexibility index (Phi) is 9.68. The monoisotopic (exact) mass is 390 g/mol. The maximum Gasteiger partial charge on any atom is 0.303 e. The second-order valence-corrected chi connectivity index (χ2v) is 6.75. The maximum atomic E-state index is 11.5. The van der Waals surface area contributed by atoms with Gasteiger partial charge in [0.1, 0.15) is 11.5 Å². The van der Waals surface area contributed by atoms with Crippen LogP contribution in [0.4, 0.5) is 0 Å². The molecule has 0 aromatic rings. The normalized spacial score (nSPS) is 28.6. The molecule has 8 nitrogen and oxygen atoms in total. The lowest BCUT2D eigenvalue weighted by Gasteiger charge is -2.43. The van der Waals surface area contributed by atoms with Crippen molar-refractivity contribution < 1.29 is 38.4 Å². The van der Waals surface area contributed by atoms with Crippen LogP contribution in [0.5, 0.6) is 0 Å². The zero-order valence-corrected chi connectivity index (χ0v) is 16.2. The van der Waals surface area contributed by atoms with Crippen molar-refractivity contribution in [2.45, 2.75) is 70.4 Å². The Morgan fingerprint density at radius 3 is 2.04 bits per heavy atom. The van der Waals surface area contributed by atoms with Gasteiger partial charge in [-0.2, -0.15) is 0 Å². The van der Waals surface area contributed by atoms with Crippen molar-refractivity contribution in [3.05, 3.63) is 11.5 Å². The fraction of sp³-hybridized carbons (Fsp3) is 0.706. The summed E-state index contributed by atoms with van der Waals surface area (Å²) in [6, 6.07) is 0. The summed E-state index contributed by atoms with van der Waals surface area (Å²) in [5, 5.41) is 11.4. The summed E-state index contributed by atoms with van der Waals surface area (Å²) in [5.74, 6) is -1.86. The van der Waals surface area contributed by atoms with Crippen LogP contribution in [-0.4, -0.2) is 59.5 Å².